The molecular formula is C25H19BrO5. The maximum atomic E-state index is 12.8. The van der Waals surface area contributed by atoms with Crippen molar-refractivity contribution < 1.29 is 23.8 Å². The van der Waals surface area contributed by atoms with E-state index in [1.165, 1.54) is 0 Å². The molecule has 3 aromatic rings. The molecule has 0 bridgehead atoms. The van der Waals surface area contributed by atoms with Crippen LogP contribution in [0, 0.1) is 6.92 Å². The number of Topliss-reactive ketones (excluding diaryl/α,β-unsaturated/α-hetero) is 1. The molecule has 0 fully saturated rings. The molecule has 156 valence electrons. The van der Waals surface area contributed by atoms with Gasteiger partial charge in [0.2, 0.25) is 5.78 Å². The number of methoxy groups -OCH3 is 1. The van der Waals surface area contributed by atoms with Gasteiger partial charge in [-0.25, -0.2) is 0 Å². The molecule has 0 N–H and O–H groups in total. The van der Waals surface area contributed by atoms with Crippen molar-refractivity contribution in [3.05, 3.63) is 93.1 Å². The summed E-state index contributed by atoms with van der Waals surface area (Å²) in [5.74, 6) is 1.09. The number of carbonyl (C=O) groups is 2. The number of hydrogen-bond acceptors (Lipinski definition) is 5. The Balaban J connectivity index is 1.51. The molecule has 0 unspecified atom stereocenters. The van der Waals surface area contributed by atoms with Crippen LogP contribution in [0.3, 0.4) is 0 Å². The highest BCUT2D eigenvalue weighted by atomic mass is 79.9. The summed E-state index contributed by atoms with van der Waals surface area (Å²) in [6.07, 6.45) is 1.82. The molecule has 0 atom stereocenters. The standard InChI is InChI=1S/C25H19BrO5/c1-15-10-20(30-23(27)13-16-6-8-19(29-2)9-7-16)14-21-24(15)25(28)22(31-21)12-17-4-3-5-18(26)11-17/h3-12,14H,13H2,1-2H3/b22-12-. The van der Waals surface area contributed by atoms with Crippen molar-refractivity contribution in [2.24, 2.45) is 0 Å². The number of hydrogen-bond donors (Lipinski definition) is 0. The number of ether oxygens (including phenoxy) is 3. The van der Waals surface area contributed by atoms with Gasteiger partial charge in [-0.05, 0) is 60.0 Å². The molecule has 0 saturated carbocycles. The molecule has 5 nitrogen and oxygen atoms in total. The van der Waals surface area contributed by atoms with Crippen molar-refractivity contribution in [2.75, 3.05) is 7.11 Å². The van der Waals surface area contributed by atoms with Gasteiger partial charge in [-0.1, -0.05) is 40.2 Å². The summed E-state index contributed by atoms with van der Waals surface area (Å²) in [4.78, 5) is 25.2. The average Bonchev–Trinajstić information content (AvgIpc) is 3.04. The van der Waals surface area contributed by atoms with E-state index in [4.69, 9.17) is 14.2 Å². The van der Waals surface area contributed by atoms with Crippen molar-refractivity contribution >= 4 is 33.8 Å². The van der Waals surface area contributed by atoms with E-state index in [0.29, 0.717) is 22.6 Å². The van der Waals surface area contributed by atoms with Crippen LogP contribution in [0.1, 0.15) is 27.0 Å². The van der Waals surface area contributed by atoms with Crippen LogP contribution >= 0.6 is 15.9 Å². The zero-order valence-corrected chi connectivity index (χ0v) is 18.6. The van der Waals surface area contributed by atoms with Gasteiger partial charge in [0.1, 0.15) is 17.2 Å². The van der Waals surface area contributed by atoms with Crippen LogP contribution in [0.25, 0.3) is 6.08 Å². The highest BCUT2D eigenvalue weighted by molar-refractivity contribution is 9.10. The second kappa shape index (κ2) is 8.78. The summed E-state index contributed by atoms with van der Waals surface area (Å²) in [7, 11) is 1.59. The number of allylic oxidation sites excluding steroid dienone is 1. The fraction of sp³-hybridized carbons (Fsp3) is 0.120. The van der Waals surface area contributed by atoms with Crippen LogP contribution in [-0.2, 0) is 11.2 Å². The Hall–Kier alpha value is -3.38. The highest BCUT2D eigenvalue weighted by Crippen LogP contribution is 2.37. The number of rotatable bonds is 5. The molecule has 4 rings (SSSR count). The van der Waals surface area contributed by atoms with Crippen LogP contribution in [0.4, 0.5) is 0 Å². The first-order valence-electron chi connectivity index (χ1n) is 9.61. The third-order valence-electron chi connectivity index (χ3n) is 4.83. The first-order chi connectivity index (χ1) is 14.9. The number of benzene rings is 3. The van der Waals surface area contributed by atoms with Crippen LogP contribution in [-0.4, -0.2) is 18.9 Å². The first kappa shape index (κ1) is 20.9. The molecule has 0 amide bonds. The number of ketones is 1. The van der Waals surface area contributed by atoms with Crippen molar-refractivity contribution in [1.29, 1.82) is 0 Å². The Labute approximate surface area is 188 Å². The molecule has 0 spiro atoms. The Morgan fingerprint density at radius 2 is 1.84 bits per heavy atom. The zero-order chi connectivity index (χ0) is 22.0. The minimum Gasteiger partial charge on any atom is -0.497 e. The van der Waals surface area contributed by atoms with E-state index in [0.717, 1.165) is 21.3 Å². The molecule has 1 aliphatic heterocycles. The van der Waals surface area contributed by atoms with Crippen LogP contribution in [0.5, 0.6) is 17.2 Å². The fourth-order valence-corrected chi connectivity index (χ4v) is 3.78. The van der Waals surface area contributed by atoms with Crippen molar-refractivity contribution in [3.8, 4) is 17.2 Å². The molecular weight excluding hydrogens is 460 g/mol. The number of esters is 1. The van der Waals surface area contributed by atoms with Gasteiger partial charge in [0, 0.05) is 10.5 Å². The van der Waals surface area contributed by atoms with Gasteiger partial charge in [0.15, 0.2) is 5.76 Å². The summed E-state index contributed by atoms with van der Waals surface area (Å²) in [5.41, 5.74) is 2.83. The monoisotopic (exact) mass is 478 g/mol. The molecule has 1 aliphatic rings. The van der Waals surface area contributed by atoms with E-state index in [2.05, 4.69) is 15.9 Å². The predicted molar refractivity (Wildman–Crippen MR) is 121 cm³/mol. The summed E-state index contributed by atoms with van der Waals surface area (Å²) in [6, 6.07) is 18.0. The van der Waals surface area contributed by atoms with Crippen LogP contribution in [0.15, 0.2) is 70.9 Å². The summed E-state index contributed by atoms with van der Waals surface area (Å²) < 4.78 is 17.3. The lowest BCUT2D eigenvalue weighted by Crippen LogP contribution is -2.11. The molecule has 0 aliphatic carbocycles. The lowest BCUT2D eigenvalue weighted by molar-refractivity contribution is -0.133. The quantitative estimate of drug-likeness (QED) is 0.274. The van der Waals surface area contributed by atoms with Gasteiger partial charge in [-0.2, -0.15) is 0 Å². The number of fused-ring (bicyclic) bond motifs is 1. The molecule has 3 aromatic carbocycles. The third-order valence-corrected chi connectivity index (χ3v) is 5.32. The average molecular weight is 479 g/mol. The third kappa shape index (κ3) is 4.70. The normalized spacial score (nSPS) is 13.6. The molecule has 0 aromatic heterocycles. The van der Waals surface area contributed by atoms with E-state index in [1.54, 1.807) is 44.4 Å². The number of halogens is 1. The number of aryl methyl sites for hydroxylation is 1. The second-order valence-corrected chi connectivity index (χ2v) is 8.02. The van der Waals surface area contributed by atoms with E-state index < -0.39 is 5.97 Å². The Morgan fingerprint density at radius 3 is 2.55 bits per heavy atom. The molecule has 31 heavy (non-hydrogen) atoms. The van der Waals surface area contributed by atoms with Crippen molar-refractivity contribution in [1.82, 2.24) is 0 Å². The Bertz CT molecular complexity index is 1200. The summed E-state index contributed by atoms with van der Waals surface area (Å²) >= 11 is 3.42. The molecule has 0 saturated heterocycles. The maximum absolute atomic E-state index is 12.8. The van der Waals surface area contributed by atoms with E-state index in [-0.39, 0.29) is 18.0 Å². The minimum absolute atomic E-state index is 0.119. The summed E-state index contributed by atoms with van der Waals surface area (Å²) in [5, 5.41) is 0. The van der Waals surface area contributed by atoms with E-state index in [9.17, 15) is 9.59 Å². The molecule has 6 heteroatoms. The van der Waals surface area contributed by atoms with Gasteiger partial charge < -0.3 is 14.2 Å². The minimum atomic E-state index is -0.404. The van der Waals surface area contributed by atoms with Gasteiger partial charge in [-0.3, -0.25) is 9.59 Å². The van der Waals surface area contributed by atoms with Gasteiger partial charge >= 0.3 is 5.97 Å². The van der Waals surface area contributed by atoms with E-state index in [1.807, 2.05) is 36.4 Å². The maximum Gasteiger partial charge on any atom is 0.315 e. The smallest absolute Gasteiger partial charge is 0.315 e. The second-order valence-electron chi connectivity index (χ2n) is 7.11. The van der Waals surface area contributed by atoms with Gasteiger partial charge in [0.25, 0.3) is 0 Å². The Morgan fingerprint density at radius 1 is 1.06 bits per heavy atom. The molecule has 0 radical (unpaired) electrons. The van der Waals surface area contributed by atoms with Crippen molar-refractivity contribution in [3.63, 3.8) is 0 Å². The predicted octanol–water partition coefficient (Wildman–Crippen LogP) is 5.53. The summed E-state index contributed by atoms with van der Waals surface area (Å²) in [6.45, 7) is 1.79. The Kier molecular flexibility index (Phi) is 5.91. The fourth-order valence-electron chi connectivity index (χ4n) is 3.36. The zero-order valence-electron chi connectivity index (χ0n) is 17.0. The number of carbonyl (C=O) groups excluding carboxylic acids is 2. The van der Waals surface area contributed by atoms with Crippen molar-refractivity contribution in [2.45, 2.75) is 13.3 Å². The lowest BCUT2D eigenvalue weighted by Gasteiger charge is -2.08. The van der Waals surface area contributed by atoms with E-state index >= 15 is 0 Å². The SMILES string of the molecule is COc1ccc(CC(=O)Oc2cc(C)c3c(c2)O/C(=C\c2cccc(Br)c2)C3=O)cc1. The van der Waals surface area contributed by atoms with Gasteiger partial charge in [0.05, 0.1) is 19.1 Å². The highest BCUT2D eigenvalue weighted by Gasteiger charge is 2.30. The lowest BCUT2D eigenvalue weighted by atomic mass is 10.0. The van der Waals surface area contributed by atoms with Crippen LogP contribution < -0.4 is 14.2 Å². The van der Waals surface area contributed by atoms with Gasteiger partial charge in [-0.15, -0.1) is 0 Å². The largest absolute Gasteiger partial charge is 0.497 e. The van der Waals surface area contributed by atoms with Crippen LogP contribution in [0.2, 0.25) is 0 Å². The first-order valence-corrected chi connectivity index (χ1v) is 10.4. The topological polar surface area (TPSA) is 61.8 Å². The molecule has 1 heterocycles.